The van der Waals surface area contributed by atoms with E-state index >= 15 is 0 Å². The van der Waals surface area contributed by atoms with E-state index in [2.05, 4.69) is 32.0 Å². The van der Waals surface area contributed by atoms with Gasteiger partial charge >= 0.3 is 5.97 Å². The zero-order valence-corrected chi connectivity index (χ0v) is 13.7. The molecule has 3 rings (SSSR count). The molecule has 0 spiro atoms. The van der Waals surface area contributed by atoms with Gasteiger partial charge in [0.25, 0.3) is 0 Å². The molecule has 118 valence electrons. The Morgan fingerprint density at radius 2 is 1.91 bits per heavy atom. The van der Waals surface area contributed by atoms with Gasteiger partial charge in [0.1, 0.15) is 0 Å². The van der Waals surface area contributed by atoms with Gasteiger partial charge in [-0.3, -0.25) is 0 Å². The number of carboxylic acid groups (broad SMARTS) is 1. The summed E-state index contributed by atoms with van der Waals surface area (Å²) < 4.78 is 0. The zero-order chi connectivity index (χ0) is 15.7. The smallest absolute Gasteiger partial charge is 0.328 e. The third-order valence-electron chi connectivity index (χ3n) is 5.64. The van der Waals surface area contributed by atoms with Crippen LogP contribution in [0.5, 0.6) is 0 Å². The molecule has 22 heavy (non-hydrogen) atoms. The standard InChI is InChI=1S/C20H26O2/c1-20(2)17(13-19(21)22)10-8-16-12-15(9-11-18(16)20)14-6-4-3-5-7-14/h9,11-14H,3-8,10H2,1-2H3,(H,21,22)/b17-13-. The minimum absolute atomic E-state index is 0.170. The van der Waals surface area contributed by atoms with Crippen molar-refractivity contribution in [3.8, 4) is 0 Å². The van der Waals surface area contributed by atoms with E-state index in [4.69, 9.17) is 5.11 Å². The quantitative estimate of drug-likeness (QED) is 0.783. The molecule has 1 aromatic carbocycles. The van der Waals surface area contributed by atoms with Gasteiger partial charge in [0.05, 0.1) is 0 Å². The van der Waals surface area contributed by atoms with Crippen LogP contribution in [0, 0.1) is 0 Å². The van der Waals surface area contributed by atoms with Crippen LogP contribution in [0.4, 0.5) is 0 Å². The monoisotopic (exact) mass is 298 g/mol. The number of rotatable bonds is 2. The topological polar surface area (TPSA) is 37.3 Å². The summed E-state index contributed by atoms with van der Waals surface area (Å²) in [6, 6.07) is 6.96. The van der Waals surface area contributed by atoms with Crippen molar-refractivity contribution >= 4 is 5.97 Å². The van der Waals surface area contributed by atoms with Crippen molar-refractivity contribution in [1.82, 2.24) is 0 Å². The van der Waals surface area contributed by atoms with Crippen molar-refractivity contribution in [2.45, 2.75) is 70.1 Å². The second kappa shape index (κ2) is 5.91. The predicted molar refractivity (Wildman–Crippen MR) is 89.3 cm³/mol. The van der Waals surface area contributed by atoms with Crippen LogP contribution in [0.25, 0.3) is 0 Å². The molecule has 0 heterocycles. The van der Waals surface area contributed by atoms with E-state index in [9.17, 15) is 4.79 Å². The molecule has 0 bridgehead atoms. The van der Waals surface area contributed by atoms with Crippen molar-refractivity contribution in [2.75, 3.05) is 0 Å². The van der Waals surface area contributed by atoms with Crippen molar-refractivity contribution in [1.29, 1.82) is 0 Å². The summed E-state index contributed by atoms with van der Waals surface area (Å²) in [4.78, 5) is 11.1. The predicted octanol–water partition coefficient (Wildman–Crippen LogP) is 4.97. The van der Waals surface area contributed by atoms with Gasteiger partial charge in [0.2, 0.25) is 0 Å². The molecule has 2 aliphatic rings. The molecule has 0 radical (unpaired) electrons. The fourth-order valence-corrected chi connectivity index (χ4v) is 4.28. The van der Waals surface area contributed by atoms with Crippen LogP contribution in [0.3, 0.4) is 0 Å². The molecule has 1 saturated carbocycles. The number of carboxylic acids is 1. The molecule has 1 aromatic rings. The minimum atomic E-state index is -0.828. The Hall–Kier alpha value is -1.57. The Morgan fingerprint density at radius 3 is 2.59 bits per heavy atom. The van der Waals surface area contributed by atoms with Crippen molar-refractivity contribution in [2.24, 2.45) is 0 Å². The van der Waals surface area contributed by atoms with E-state index in [1.54, 1.807) is 0 Å². The van der Waals surface area contributed by atoms with Gasteiger partial charge in [0, 0.05) is 11.5 Å². The molecule has 1 fully saturated rings. The van der Waals surface area contributed by atoms with Gasteiger partial charge in [-0.05, 0) is 48.3 Å². The molecule has 0 aromatic heterocycles. The Kier molecular flexibility index (Phi) is 4.12. The molecule has 0 saturated heterocycles. The highest BCUT2D eigenvalue weighted by atomic mass is 16.4. The number of carbonyl (C=O) groups is 1. The Morgan fingerprint density at radius 1 is 1.18 bits per heavy atom. The fourth-order valence-electron chi connectivity index (χ4n) is 4.28. The summed E-state index contributed by atoms with van der Waals surface area (Å²) in [6.07, 6.45) is 10.0. The van der Waals surface area contributed by atoms with Crippen LogP contribution in [-0.4, -0.2) is 11.1 Å². The Balaban J connectivity index is 1.93. The molecule has 2 heteroatoms. The first-order valence-corrected chi connectivity index (χ1v) is 8.56. The number of hydrogen-bond acceptors (Lipinski definition) is 1. The highest BCUT2D eigenvalue weighted by molar-refractivity contribution is 5.81. The molecule has 0 unspecified atom stereocenters. The third kappa shape index (κ3) is 2.84. The minimum Gasteiger partial charge on any atom is -0.478 e. The van der Waals surface area contributed by atoms with E-state index < -0.39 is 5.97 Å². The number of benzene rings is 1. The van der Waals surface area contributed by atoms with Crippen molar-refractivity contribution in [3.63, 3.8) is 0 Å². The first-order chi connectivity index (χ1) is 10.5. The lowest BCUT2D eigenvalue weighted by Gasteiger charge is -2.36. The van der Waals surface area contributed by atoms with Crippen LogP contribution < -0.4 is 0 Å². The van der Waals surface area contributed by atoms with Gasteiger partial charge in [-0.1, -0.05) is 56.9 Å². The van der Waals surface area contributed by atoms with Gasteiger partial charge in [-0.15, -0.1) is 0 Å². The molecule has 0 atom stereocenters. The van der Waals surface area contributed by atoms with Crippen LogP contribution >= 0.6 is 0 Å². The van der Waals surface area contributed by atoms with E-state index in [-0.39, 0.29) is 5.41 Å². The van der Waals surface area contributed by atoms with Crippen molar-refractivity contribution < 1.29 is 9.90 Å². The van der Waals surface area contributed by atoms with Crippen LogP contribution in [0.1, 0.15) is 75.0 Å². The summed E-state index contributed by atoms with van der Waals surface area (Å²) >= 11 is 0. The third-order valence-corrected chi connectivity index (χ3v) is 5.64. The van der Waals surface area contributed by atoms with Crippen LogP contribution in [-0.2, 0) is 16.6 Å². The first-order valence-electron chi connectivity index (χ1n) is 8.56. The summed E-state index contributed by atoms with van der Waals surface area (Å²) in [5.41, 5.74) is 5.11. The second-order valence-corrected chi connectivity index (χ2v) is 7.38. The van der Waals surface area contributed by atoms with Crippen molar-refractivity contribution in [3.05, 3.63) is 46.5 Å². The number of allylic oxidation sites excluding steroid dienone is 1. The average molecular weight is 298 g/mol. The maximum Gasteiger partial charge on any atom is 0.328 e. The van der Waals surface area contributed by atoms with E-state index in [0.717, 1.165) is 24.3 Å². The molecule has 1 N–H and O–H groups in total. The second-order valence-electron chi connectivity index (χ2n) is 7.38. The summed E-state index contributed by atoms with van der Waals surface area (Å²) in [7, 11) is 0. The van der Waals surface area contributed by atoms with Crippen LogP contribution in [0.15, 0.2) is 29.8 Å². The maximum atomic E-state index is 11.1. The normalized spacial score (nSPS) is 23.3. The summed E-state index contributed by atoms with van der Waals surface area (Å²) in [5, 5.41) is 9.08. The molecular formula is C20H26O2. The van der Waals surface area contributed by atoms with Gasteiger partial charge in [-0.2, -0.15) is 0 Å². The molecule has 2 aliphatic carbocycles. The number of aryl methyl sites for hydroxylation is 1. The lowest BCUT2D eigenvalue weighted by molar-refractivity contribution is -0.131. The number of hydrogen-bond donors (Lipinski definition) is 1. The molecular weight excluding hydrogens is 272 g/mol. The highest BCUT2D eigenvalue weighted by Crippen LogP contribution is 2.42. The maximum absolute atomic E-state index is 11.1. The zero-order valence-electron chi connectivity index (χ0n) is 13.7. The average Bonchev–Trinajstić information content (AvgIpc) is 2.50. The highest BCUT2D eigenvalue weighted by Gasteiger charge is 2.32. The molecule has 0 aliphatic heterocycles. The SMILES string of the molecule is CC1(C)/C(=C\C(=O)O)CCc2cc(C3CCCCC3)ccc21. The fraction of sp³-hybridized carbons (Fsp3) is 0.550. The Bertz CT molecular complexity index is 604. The van der Waals surface area contributed by atoms with E-state index in [1.165, 1.54) is 54.9 Å². The van der Waals surface area contributed by atoms with Gasteiger partial charge in [0.15, 0.2) is 0 Å². The van der Waals surface area contributed by atoms with Gasteiger partial charge < -0.3 is 5.11 Å². The number of fused-ring (bicyclic) bond motifs is 1. The lowest BCUT2D eigenvalue weighted by Crippen LogP contribution is -2.28. The van der Waals surface area contributed by atoms with Crippen LogP contribution in [0.2, 0.25) is 0 Å². The molecule has 2 nitrogen and oxygen atoms in total. The van der Waals surface area contributed by atoms with E-state index in [1.807, 2.05) is 0 Å². The molecule has 0 amide bonds. The summed E-state index contributed by atoms with van der Waals surface area (Å²) in [6.45, 7) is 4.31. The summed E-state index contributed by atoms with van der Waals surface area (Å²) in [5.74, 6) is -0.0940. The van der Waals surface area contributed by atoms with Gasteiger partial charge in [-0.25, -0.2) is 4.79 Å². The lowest BCUT2D eigenvalue weighted by atomic mass is 9.68. The Labute approximate surface area is 133 Å². The van der Waals surface area contributed by atoms with E-state index in [0.29, 0.717) is 0 Å². The first kappa shape index (κ1) is 15.3. The number of aliphatic carboxylic acids is 1. The largest absolute Gasteiger partial charge is 0.478 e.